The van der Waals surface area contributed by atoms with Gasteiger partial charge in [-0.1, -0.05) is 19.8 Å². The first-order valence-corrected chi connectivity index (χ1v) is 5.73. The lowest BCUT2D eigenvalue weighted by atomic mass is 10.1. The normalized spacial score (nSPS) is 11.9. The molecule has 0 aromatic carbocycles. The first-order chi connectivity index (χ1) is 7.65. The summed E-state index contributed by atoms with van der Waals surface area (Å²) in [6.45, 7) is 2.42. The molecule has 0 aromatic heterocycles. The van der Waals surface area contributed by atoms with Crippen LogP contribution in [0.5, 0.6) is 0 Å². The second-order valence-electron chi connectivity index (χ2n) is 3.68. The Balaban J connectivity index is 3.97. The molecule has 0 radical (unpaired) electrons. The molecular weight excluding hydrogens is 208 g/mol. The van der Waals surface area contributed by atoms with E-state index < -0.39 is 12.0 Å². The van der Waals surface area contributed by atoms with Gasteiger partial charge in [-0.25, -0.2) is 4.79 Å². The highest BCUT2D eigenvalue weighted by molar-refractivity contribution is 5.84. The monoisotopic (exact) mass is 230 g/mol. The molecule has 94 valence electrons. The lowest BCUT2D eigenvalue weighted by Crippen LogP contribution is -2.42. The molecule has 5 nitrogen and oxygen atoms in total. The molecule has 3 N–H and O–H groups in total. The molecule has 0 bridgehead atoms. The summed E-state index contributed by atoms with van der Waals surface area (Å²) in [5, 5.41) is 2.63. The third kappa shape index (κ3) is 6.40. The predicted molar refractivity (Wildman–Crippen MR) is 61.8 cm³/mol. The van der Waals surface area contributed by atoms with Gasteiger partial charge in [0, 0.05) is 6.42 Å². The minimum atomic E-state index is -0.607. The van der Waals surface area contributed by atoms with Crippen LogP contribution in [0.15, 0.2) is 0 Å². The van der Waals surface area contributed by atoms with Crippen LogP contribution in [0.1, 0.15) is 39.0 Å². The molecule has 0 aromatic rings. The highest BCUT2D eigenvalue weighted by Gasteiger charge is 2.19. The fourth-order valence-electron chi connectivity index (χ4n) is 1.36. The molecule has 0 saturated carbocycles. The van der Waals surface area contributed by atoms with Gasteiger partial charge in [-0.3, -0.25) is 4.79 Å². The summed E-state index contributed by atoms with van der Waals surface area (Å²) in [4.78, 5) is 22.7. The molecular formula is C11H22N2O3. The number of hydrogen-bond acceptors (Lipinski definition) is 4. The Hall–Kier alpha value is -1.10. The van der Waals surface area contributed by atoms with Crippen molar-refractivity contribution in [3.63, 3.8) is 0 Å². The van der Waals surface area contributed by atoms with Crippen molar-refractivity contribution < 1.29 is 14.3 Å². The number of esters is 1. The fraction of sp³-hybridized carbons (Fsp3) is 0.818. The Morgan fingerprint density at radius 1 is 1.38 bits per heavy atom. The molecule has 0 aliphatic carbocycles. The summed E-state index contributed by atoms with van der Waals surface area (Å²) in [6, 6.07) is -0.607. The minimum Gasteiger partial charge on any atom is -0.467 e. The van der Waals surface area contributed by atoms with Crippen molar-refractivity contribution in [1.29, 1.82) is 0 Å². The molecule has 5 heteroatoms. The van der Waals surface area contributed by atoms with Gasteiger partial charge in [0.15, 0.2) is 0 Å². The maximum absolute atomic E-state index is 11.5. The van der Waals surface area contributed by atoms with Crippen molar-refractivity contribution >= 4 is 11.9 Å². The summed E-state index contributed by atoms with van der Waals surface area (Å²) in [5.41, 5.74) is 5.36. The van der Waals surface area contributed by atoms with E-state index in [-0.39, 0.29) is 5.91 Å². The van der Waals surface area contributed by atoms with Crippen LogP contribution in [0.4, 0.5) is 0 Å². The maximum Gasteiger partial charge on any atom is 0.328 e. The van der Waals surface area contributed by atoms with Crippen LogP contribution in [0.25, 0.3) is 0 Å². The Labute approximate surface area is 96.7 Å². The van der Waals surface area contributed by atoms with E-state index in [1.54, 1.807) is 0 Å². The lowest BCUT2D eigenvalue weighted by Gasteiger charge is -2.15. The van der Waals surface area contributed by atoms with Gasteiger partial charge < -0.3 is 15.8 Å². The predicted octanol–water partition coefficient (Wildman–Crippen LogP) is 0.573. The van der Waals surface area contributed by atoms with Crippen LogP contribution in [0.3, 0.4) is 0 Å². The first kappa shape index (κ1) is 14.9. The topological polar surface area (TPSA) is 81.4 Å². The molecule has 0 aliphatic rings. The summed E-state index contributed by atoms with van der Waals surface area (Å²) in [6.07, 6.45) is 3.79. The molecule has 0 saturated heterocycles. The zero-order chi connectivity index (χ0) is 12.4. The van der Waals surface area contributed by atoms with Gasteiger partial charge in [-0.05, 0) is 19.4 Å². The number of nitrogens with two attached hydrogens (primary N) is 1. The molecule has 1 amide bonds. The summed E-state index contributed by atoms with van der Waals surface area (Å²) < 4.78 is 4.58. The third-order valence-electron chi connectivity index (χ3n) is 2.28. The zero-order valence-electron chi connectivity index (χ0n) is 10.1. The second kappa shape index (κ2) is 9.15. The molecule has 0 heterocycles. The number of rotatable bonds is 8. The van der Waals surface area contributed by atoms with Gasteiger partial charge in [-0.2, -0.15) is 0 Å². The number of methoxy groups -OCH3 is 1. The van der Waals surface area contributed by atoms with E-state index in [0.29, 0.717) is 19.4 Å². The van der Waals surface area contributed by atoms with Crippen molar-refractivity contribution in [2.75, 3.05) is 13.7 Å². The number of carbonyl (C=O) groups excluding carboxylic acids is 2. The number of nitrogens with one attached hydrogen (secondary N) is 1. The largest absolute Gasteiger partial charge is 0.467 e. The van der Waals surface area contributed by atoms with E-state index in [2.05, 4.69) is 17.0 Å². The number of carbonyl (C=O) groups is 2. The van der Waals surface area contributed by atoms with E-state index in [1.165, 1.54) is 7.11 Å². The van der Waals surface area contributed by atoms with E-state index in [9.17, 15) is 9.59 Å². The zero-order valence-corrected chi connectivity index (χ0v) is 10.1. The van der Waals surface area contributed by atoms with Gasteiger partial charge >= 0.3 is 5.97 Å². The number of ether oxygens (including phenoxy) is 1. The third-order valence-corrected chi connectivity index (χ3v) is 2.28. The SMILES string of the molecule is CCCCCC(=O)N[C@H](CCN)C(=O)OC. The van der Waals surface area contributed by atoms with Crippen molar-refractivity contribution in [1.82, 2.24) is 5.32 Å². The van der Waals surface area contributed by atoms with Gasteiger partial charge in [0.05, 0.1) is 7.11 Å². The molecule has 0 unspecified atom stereocenters. The van der Waals surface area contributed by atoms with Gasteiger partial charge in [0.25, 0.3) is 0 Å². The van der Waals surface area contributed by atoms with E-state index >= 15 is 0 Å². The smallest absolute Gasteiger partial charge is 0.328 e. The van der Waals surface area contributed by atoms with Crippen molar-refractivity contribution in [2.24, 2.45) is 5.73 Å². The van der Waals surface area contributed by atoms with Crippen LogP contribution in [-0.2, 0) is 14.3 Å². The van der Waals surface area contributed by atoms with E-state index in [0.717, 1.165) is 19.3 Å². The molecule has 1 atom stereocenters. The van der Waals surface area contributed by atoms with Crippen molar-refractivity contribution in [3.8, 4) is 0 Å². The van der Waals surface area contributed by atoms with Crippen LogP contribution < -0.4 is 11.1 Å². The fourth-order valence-corrected chi connectivity index (χ4v) is 1.36. The summed E-state index contributed by atoms with van der Waals surface area (Å²) in [5.74, 6) is -0.549. The Kier molecular flexibility index (Phi) is 8.52. The average Bonchev–Trinajstić information content (AvgIpc) is 2.28. The molecule has 0 fully saturated rings. The van der Waals surface area contributed by atoms with Crippen molar-refractivity contribution in [2.45, 2.75) is 45.1 Å². The molecule has 0 spiro atoms. The van der Waals surface area contributed by atoms with Crippen LogP contribution in [0, 0.1) is 0 Å². The number of amides is 1. The van der Waals surface area contributed by atoms with Gasteiger partial charge in [0.1, 0.15) is 6.04 Å². The second-order valence-corrected chi connectivity index (χ2v) is 3.68. The molecule has 0 aliphatic heterocycles. The minimum absolute atomic E-state index is 0.114. The lowest BCUT2D eigenvalue weighted by molar-refractivity contribution is -0.145. The number of unbranched alkanes of at least 4 members (excludes halogenated alkanes) is 2. The molecule has 16 heavy (non-hydrogen) atoms. The Morgan fingerprint density at radius 3 is 2.56 bits per heavy atom. The average molecular weight is 230 g/mol. The Morgan fingerprint density at radius 2 is 2.06 bits per heavy atom. The van der Waals surface area contributed by atoms with Gasteiger partial charge in [-0.15, -0.1) is 0 Å². The van der Waals surface area contributed by atoms with Crippen LogP contribution >= 0.6 is 0 Å². The van der Waals surface area contributed by atoms with E-state index in [4.69, 9.17) is 5.73 Å². The van der Waals surface area contributed by atoms with Crippen molar-refractivity contribution in [3.05, 3.63) is 0 Å². The quantitative estimate of drug-likeness (QED) is 0.472. The standard InChI is InChI=1S/C11H22N2O3/c1-3-4-5-6-10(14)13-9(7-8-12)11(15)16-2/h9H,3-8,12H2,1-2H3,(H,13,14)/t9-/m1/s1. The first-order valence-electron chi connectivity index (χ1n) is 5.73. The van der Waals surface area contributed by atoms with Crippen LogP contribution in [-0.4, -0.2) is 31.6 Å². The summed E-state index contributed by atoms with van der Waals surface area (Å²) >= 11 is 0. The van der Waals surface area contributed by atoms with Gasteiger partial charge in [0.2, 0.25) is 5.91 Å². The van der Waals surface area contributed by atoms with Crippen LogP contribution in [0.2, 0.25) is 0 Å². The molecule has 0 rings (SSSR count). The highest BCUT2D eigenvalue weighted by Crippen LogP contribution is 2.00. The van der Waals surface area contributed by atoms with E-state index in [1.807, 2.05) is 0 Å². The highest BCUT2D eigenvalue weighted by atomic mass is 16.5. The Bertz CT molecular complexity index is 219. The summed E-state index contributed by atoms with van der Waals surface area (Å²) in [7, 11) is 1.30. The number of hydrogen-bond donors (Lipinski definition) is 2. The maximum atomic E-state index is 11.5.